The Kier molecular flexibility index (Phi) is 5.72. The Balaban J connectivity index is 3.78. The largest absolute Gasteiger partial charge is 0.480 e. The Morgan fingerprint density at radius 2 is 2.08 bits per heavy atom. The number of carboxylic acids is 1. The summed E-state index contributed by atoms with van der Waals surface area (Å²) in [5.74, 6) is -0.312. The molecular formula is C9H19NO2. The molecule has 0 heterocycles. The number of nitrogens with one attached hydrogen (secondary N) is 1. The van der Waals surface area contributed by atoms with Crippen LogP contribution in [0, 0.1) is 5.92 Å². The van der Waals surface area contributed by atoms with Crippen molar-refractivity contribution in [1.82, 2.24) is 5.32 Å². The summed E-state index contributed by atoms with van der Waals surface area (Å²) in [6.07, 6.45) is 1.68. The first kappa shape index (κ1) is 11.4. The van der Waals surface area contributed by atoms with E-state index in [9.17, 15) is 4.79 Å². The first-order chi connectivity index (χ1) is 5.57. The van der Waals surface area contributed by atoms with Crippen LogP contribution in [0.3, 0.4) is 0 Å². The third kappa shape index (κ3) is 5.13. The van der Waals surface area contributed by atoms with Crippen LogP contribution in [0.25, 0.3) is 0 Å². The van der Waals surface area contributed by atoms with Crippen molar-refractivity contribution in [3.05, 3.63) is 0 Å². The molecular weight excluding hydrogens is 154 g/mol. The third-order valence-electron chi connectivity index (χ3n) is 1.65. The molecule has 0 bridgehead atoms. The Labute approximate surface area is 74.2 Å². The van der Waals surface area contributed by atoms with Crippen molar-refractivity contribution in [2.24, 2.45) is 5.92 Å². The second-order valence-corrected chi connectivity index (χ2v) is 3.47. The molecule has 0 spiro atoms. The zero-order valence-electron chi connectivity index (χ0n) is 8.13. The van der Waals surface area contributed by atoms with Crippen molar-refractivity contribution in [2.75, 3.05) is 6.54 Å². The first-order valence-electron chi connectivity index (χ1n) is 4.54. The average Bonchev–Trinajstić information content (AvgIpc) is 1.96. The van der Waals surface area contributed by atoms with Crippen LogP contribution in [0.4, 0.5) is 0 Å². The fourth-order valence-corrected chi connectivity index (χ4v) is 1.06. The smallest absolute Gasteiger partial charge is 0.320 e. The van der Waals surface area contributed by atoms with E-state index in [2.05, 4.69) is 5.32 Å². The molecule has 0 aromatic carbocycles. The fourth-order valence-electron chi connectivity index (χ4n) is 1.06. The Hall–Kier alpha value is -0.570. The second kappa shape index (κ2) is 6.00. The van der Waals surface area contributed by atoms with Gasteiger partial charge in [-0.15, -0.1) is 0 Å². The highest BCUT2D eigenvalue weighted by atomic mass is 16.4. The van der Waals surface area contributed by atoms with Gasteiger partial charge in [0.1, 0.15) is 6.04 Å². The molecule has 2 N–H and O–H groups in total. The van der Waals surface area contributed by atoms with Gasteiger partial charge in [-0.3, -0.25) is 4.79 Å². The number of carbonyl (C=O) groups is 1. The molecule has 0 aliphatic heterocycles. The normalized spacial score (nSPS) is 13.3. The van der Waals surface area contributed by atoms with Gasteiger partial charge >= 0.3 is 5.97 Å². The first-order valence-corrected chi connectivity index (χ1v) is 4.54. The monoisotopic (exact) mass is 173 g/mol. The summed E-state index contributed by atoms with van der Waals surface area (Å²) in [5.41, 5.74) is 0. The van der Waals surface area contributed by atoms with Gasteiger partial charge < -0.3 is 10.4 Å². The van der Waals surface area contributed by atoms with Gasteiger partial charge in [0.05, 0.1) is 0 Å². The molecule has 0 aromatic heterocycles. The molecule has 0 rings (SSSR count). The van der Waals surface area contributed by atoms with Gasteiger partial charge in [0, 0.05) is 0 Å². The van der Waals surface area contributed by atoms with Crippen LogP contribution in [0.1, 0.15) is 33.6 Å². The summed E-state index contributed by atoms with van der Waals surface area (Å²) < 4.78 is 0. The molecule has 0 fully saturated rings. The average molecular weight is 173 g/mol. The summed E-state index contributed by atoms with van der Waals surface area (Å²) in [4.78, 5) is 10.7. The van der Waals surface area contributed by atoms with Gasteiger partial charge in [-0.1, -0.05) is 20.8 Å². The third-order valence-corrected chi connectivity index (χ3v) is 1.65. The highest BCUT2D eigenvalue weighted by molar-refractivity contribution is 5.73. The lowest BCUT2D eigenvalue weighted by Crippen LogP contribution is -2.38. The van der Waals surface area contributed by atoms with Gasteiger partial charge in [-0.25, -0.2) is 0 Å². The summed E-state index contributed by atoms with van der Waals surface area (Å²) in [7, 11) is 0. The van der Waals surface area contributed by atoms with E-state index in [0.717, 1.165) is 13.0 Å². The molecule has 0 saturated heterocycles. The van der Waals surface area contributed by atoms with E-state index in [-0.39, 0.29) is 6.04 Å². The highest BCUT2D eigenvalue weighted by Crippen LogP contribution is 2.04. The zero-order valence-corrected chi connectivity index (χ0v) is 8.13. The number of rotatable bonds is 6. The van der Waals surface area contributed by atoms with Crippen molar-refractivity contribution in [2.45, 2.75) is 39.7 Å². The van der Waals surface area contributed by atoms with Gasteiger partial charge in [0.2, 0.25) is 0 Å². The van der Waals surface area contributed by atoms with Crippen molar-refractivity contribution in [1.29, 1.82) is 0 Å². The summed E-state index contributed by atoms with van der Waals surface area (Å²) >= 11 is 0. The van der Waals surface area contributed by atoms with Crippen LogP contribution in [0.2, 0.25) is 0 Å². The van der Waals surface area contributed by atoms with E-state index in [1.807, 2.05) is 20.8 Å². The summed E-state index contributed by atoms with van der Waals surface area (Å²) in [6, 6.07) is -0.370. The maximum Gasteiger partial charge on any atom is 0.320 e. The zero-order chi connectivity index (χ0) is 9.56. The van der Waals surface area contributed by atoms with Gasteiger partial charge in [0.15, 0.2) is 0 Å². The Morgan fingerprint density at radius 1 is 1.50 bits per heavy atom. The highest BCUT2D eigenvalue weighted by Gasteiger charge is 2.16. The Bertz CT molecular complexity index is 134. The van der Waals surface area contributed by atoms with Gasteiger partial charge in [0.25, 0.3) is 0 Å². The lowest BCUT2D eigenvalue weighted by Gasteiger charge is -2.15. The molecule has 0 saturated carbocycles. The molecule has 1 unspecified atom stereocenters. The van der Waals surface area contributed by atoms with E-state index in [1.165, 1.54) is 0 Å². The lowest BCUT2D eigenvalue weighted by atomic mass is 10.0. The molecule has 0 amide bonds. The number of carboxylic acid groups (broad SMARTS) is 1. The fraction of sp³-hybridized carbons (Fsp3) is 0.889. The minimum atomic E-state index is -0.739. The lowest BCUT2D eigenvalue weighted by molar-refractivity contribution is -0.139. The molecule has 0 aliphatic carbocycles. The van der Waals surface area contributed by atoms with Crippen LogP contribution >= 0.6 is 0 Å². The standard InChI is InChI=1S/C9H19NO2/c1-4-5-10-8(9(11)12)6-7(2)3/h7-8,10H,4-6H2,1-3H3,(H,11,12). The molecule has 3 heteroatoms. The topological polar surface area (TPSA) is 49.3 Å². The van der Waals surface area contributed by atoms with Crippen LogP contribution in [-0.4, -0.2) is 23.7 Å². The predicted octanol–water partition coefficient (Wildman–Crippen LogP) is 1.49. The molecule has 72 valence electrons. The maximum atomic E-state index is 10.7. The molecule has 0 aromatic rings. The van der Waals surface area contributed by atoms with Gasteiger partial charge in [-0.2, -0.15) is 0 Å². The van der Waals surface area contributed by atoms with Crippen molar-refractivity contribution in [3.8, 4) is 0 Å². The molecule has 3 nitrogen and oxygen atoms in total. The summed E-state index contributed by atoms with van der Waals surface area (Å²) in [5, 5.41) is 11.8. The van der Waals surface area contributed by atoms with Crippen molar-refractivity contribution < 1.29 is 9.90 Å². The Morgan fingerprint density at radius 3 is 2.42 bits per heavy atom. The maximum absolute atomic E-state index is 10.7. The van der Waals surface area contributed by atoms with Crippen molar-refractivity contribution in [3.63, 3.8) is 0 Å². The van der Waals surface area contributed by atoms with E-state index >= 15 is 0 Å². The number of aliphatic carboxylic acids is 1. The minimum Gasteiger partial charge on any atom is -0.480 e. The number of hydrogen-bond acceptors (Lipinski definition) is 2. The van der Waals surface area contributed by atoms with Crippen LogP contribution in [0.15, 0.2) is 0 Å². The van der Waals surface area contributed by atoms with E-state index in [1.54, 1.807) is 0 Å². The predicted molar refractivity (Wildman–Crippen MR) is 49.2 cm³/mol. The van der Waals surface area contributed by atoms with E-state index in [0.29, 0.717) is 12.3 Å². The quantitative estimate of drug-likeness (QED) is 0.639. The van der Waals surface area contributed by atoms with Crippen LogP contribution in [-0.2, 0) is 4.79 Å². The van der Waals surface area contributed by atoms with Crippen molar-refractivity contribution >= 4 is 5.97 Å². The molecule has 0 aliphatic rings. The summed E-state index contributed by atoms with van der Waals surface area (Å²) in [6.45, 7) is 6.87. The van der Waals surface area contributed by atoms with Crippen LogP contribution in [0.5, 0.6) is 0 Å². The minimum absolute atomic E-state index is 0.370. The molecule has 12 heavy (non-hydrogen) atoms. The van der Waals surface area contributed by atoms with Crippen LogP contribution < -0.4 is 5.32 Å². The molecule has 1 atom stereocenters. The van der Waals surface area contributed by atoms with Gasteiger partial charge in [-0.05, 0) is 25.3 Å². The molecule has 0 radical (unpaired) electrons. The second-order valence-electron chi connectivity index (χ2n) is 3.47. The van der Waals surface area contributed by atoms with E-state index in [4.69, 9.17) is 5.11 Å². The number of hydrogen-bond donors (Lipinski definition) is 2. The SMILES string of the molecule is CCCNC(CC(C)C)C(=O)O. The van der Waals surface area contributed by atoms with E-state index < -0.39 is 5.97 Å².